The molecule has 0 radical (unpaired) electrons. The first-order valence-corrected chi connectivity index (χ1v) is 10.4. The van der Waals surface area contributed by atoms with Crippen LogP contribution < -0.4 is 0 Å². The summed E-state index contributed by atoms with van der Waals surface area (Å²) in [6, 6.07) is -0.0269. The fraction of sp³-hybridized carbons (Fsp3) is 0.857. The lowest BCUT2D eigenvalue weighted by atomic mass is 9.93. The van der Waals surface area contributed by atoms with Crippen molar-refractivity contribution in [3.63, 3.8) is 0 Å². The average Bonchev–Trinajstić information content (AvgIpc) is 2.98. The number of nitrogens with zero attached hydrogens (tertiary/aromatic N) is 2. The van der Waals surface area contributed by atoms with Gasteiger partial charge in [0, 0.05) is 18.9 Å². The highest BCUT2D eigenvalue weighted by molar-refractivity contribution is 5.83. The first-order valence-electron chi connectivity index (χ1n) is 10.4. The molecule has 0 spiro atoms. The van der Waals surface area contributed by atoms with E-state index in [1.807, 2.05) is 34.6 Å². The van der Waals surface area contributed by atoms with Gasteiger partial charge in [-0.05, 0) is 33.6 Å². The minimum absolute atomic E-state index is 0.0269. The number of ether oxygens (including phenoxy) is 3. The van der Waals surface area contributed by atoms with Gasteiger partial charge >= 0.3 is 12.1 Å². The average molecular weight is 399 g/mol. The summed E-state index contributed by atoms with van der Waals surface area (Å²) in [5.74, 6) is -0.334. The molecule has 0 aromatic rings. The van der Waals surface area contributed by atoms with Gasteiger partial charge in [0.05, 0.1) is 12.6 Å². The lowest BCUT2D eigenvalue weighted by molar-refractivity contribution is -0.150. The van der Waals surface area contributed by atoms with Crippen molar-refractivity contribution in [2.24, 2.45) is 16.8 Å². The van der Waals surface area contributed by atoms with Gasteiger partial charge in [-0.25, -0.2) is 4.99 Å². The highest BCUT2D eigenvalue weighted by Gasteiger charge is 2.37. The molecule has 1 aliphatic rings. The number of rotatable bonds is 9. The first-order chi connectivity index (χ1) is 13.0. The molecule has 7 nitrogen and oxygen atoms in total. The summed E-state index contributed by atoms with van der Waals surface area (Å²) in [7, 11) is 0. The molecule has 1 rings (SSSR count). The van der Waals surface area contributed by atoms with Crippen LogP contribution in [-0.2, 0) is 23.8 Å². The fourth-order valence-electron chi connectivity index (χ4n) is 2.99. The summed E-state index contributed by atoms with van der Waals surface area (Å²) in [6.45, 7) is 16.2. The van der Waals surface area contributed by atoms with Crippen LogP contribution in [-0.4, -0.2) is 60.3 Å². The Morgan fingerprint density at radius 3 is 2.36 bits per heavy atom. The summed E-state index contributed by atoms with van der Waals surface area (Å²) >= 11 is 0. The maximum atomic E-state index is 12.5. The third-order valence-corrected chi connectivity index (χ3v) is 4.62. The molecule has 3 atom stereocenters. The van der Waals surface area contributed by atoms with Gasteiger partial charge in [0.1, 0.15) is 18.2 Å². The minimum atomic E-state index is -0.393. The number of amides is 1. The van der Waals surface area contributed by atoms with E-state index in [0.29, 0.717) is 31.6 Å². The Balaban J connectivity index is 2.83. The summed E-state index contributed by atoms with van der Waals surface area (Å²) in [5, 5.41) is 0. The molecule has 0 saturated heterocycles. The van der Waals surface area contributed by atoms with E-state index in [1.54, 1.807) is 11.8 Å². The molecule has 1 aliphatic heterocycles. The summed E-state index contributed by atoms with van der Waals surface area (Å²) in [4.78, 5) is 30.7. The smallest absolute Gasteiger partial charge is 0.384 e. The van der Waals surface area contributed by atoms with Crippen LogP contribution in [0.2, 0.25) is 0 Å². The van der Waals surface area contributed by atoms with Crippen LogP contribution in [0.5, 0.6) is 0 Å². The SMILES string of the molecule is CCOC(=O)CN(CCC1OC(OC(C)(C)C)=N[C@H]1C(C)CC)C(=O)C(C)C. The summed E-state index contributed by atoms with van der Waals surface area (Å²) < 4.78 is 16.8. The molecule has 0 N–H and O–H groups in total. The molecule has 28 heavy (non-hydrogen) atoms. The molecule has 0 fully saturated rings. The van der Waals surface area contributed by atoms with Crippen molar-refractivity contribution in [1.29, 1.82) is 0 Å². The van der Waals surface area contributed by atoms with Gasteiger partial charge < -0.3 is 19.1 Å². The van der Waals surface area contributed by atoms with Crippen molar-refractivity contribution < 1.29 is 23.8 Å². The Kier molecular flexibility index (Phi) is 9.24. The van der Waals surface area contributed by atoms with Crippen LogP contribution in [0.1, 0.15) is 68.2 Å². The van der Waals surface area contributed by atoms with Crippen LogP contribution in [0.4, 0.5) is 0 Å². The quantitative estimate of drug-likeness (QED) is 0.556. The molecule has 0 saturated carbocycles. The molecular formula is C21H38N2O5. The standard InChI is InChI=1S/C21H38N2O5/c1-9-15(5)18-16(27-20(22-18)28-21(6,7)8)11-12-23(19(25)14(3)4)13-17(24)26-10-2/h14-16,18H,9-13H2,1-8H3/t15?,16?,18-/m0/s1. The van der Waals surface area contributed by atoms with E-state index in [0.717, 1.165) is 6.42 Å². The van der Waals surface area contributed by atoms with Gasteiger partial charge in [-0.15, -0.1) is 0 Å². The summed E-state index contributed by atoms with van der Waals surface area (Å²) in [5.41, 5.74) is -0.392. The number of esters is 1. The predicted octanol–water partition coefficient (Wildman–Crippen LogP) is 3.41. The topological polar surface area (TPSA) is 77.4 Å². The normalized spacial score (nSPS) is 20.4. The zero-order chi connectivity index (χ0) is 21.5. The second-order valence-corrected chi connectivity index (χ2v) is 8.65. The lowest BCUT2D eigenvalue weighted by Gasteiger charge is -2.27. The number of carbonyl (C=O) groups is 2. The van der Waals surface area contributed by atoms with E-state index in [2.05, 4.69) is 18.8 Å². The Labute approximate surface area is 169 Å². The van der Waals surface area contributed by atoms with E-state index in [-0.39, 0.29) is 30.5 Å². The van der Waals surface area contributed by atoms with Crippen molar-refractivity contribution in [2.75, 3.05) is 19.7 Å². The molecule has 7 heteroatoms. The molecule has 0 bridgehead atoms. The van der Waals surface area contributed by atoms with E-state index in [1.165, 1.54) is 0 Å². The third kappa shape index (κ3) is 7.68. The fourth-order valence-corrected chi connectivity index (χ4v) is 2.99. The molecule has 1 heterocycles. The van der Waals surface area contributed by atoms with Crippen molar-refractivity contribution in [3.05, 3.63) is 0 Å². The Morgan fingerprint density at radius 2 is 1.86 bits per heavy atom. The van der Waals surface area contributed by atoms with Gasteiger partial charge in [0.2, 0.25) is 5.91 Å². The van der Waals surface area contributed by atoms with Crippen molar-refractivity contribution in [1.82, 2.24) is 4.90 Å². The van der Waals surface area contributed by atoms with E-state index in [9.17, 15) is 9.59 Å². The summed E-state index contributed by atoms with van der Waals surface area (Å²) in [6.07, 6.45) is 1.67. The monoisotopic (exact) mass is 398 g/mol. The molecule has 2 unspecified atom stereocenters. The van der Waals surface area contributed by atoms with Crippen molar-refractivity contribution in [2.45, 2.75) is 86.0 Å². The van der Waals surface area contributed by atoms with Gasteiger partial charge in [0.15, 0.2) is 0 Å². The number of carbonyl (C=O) groups excluding carboxylic acids is 2. The zero-order valence-corrected chi connectivity index (χ0v) is 18.8. The van der Waals surface area contributed by atoms with Crippen molar-refractivity contribution in [3.8, 4) is 0 Å². The highest BCUT2D eigenvalue weighted by Crippen LogP contribution is 2.27. The predicted molar refractivity (Wildman–Crippen MR) is 109 cm³/mol. The maximum Gasteiger partial charge on any atom is 0.384 e. The van der Waals surface area contributed by atoms with Gasteiger partial charge in [0.25, 0.3) is 0 Å². The van der Waals surface area contributed by atoms with Gasteiger partial charge in [-0.3, -0.25) is 9.59 Å². The van der Waals surface area contributed by atoms with Crippen LogP contribution in [0, 0.1) is 11.8 Å². The maximum absolute atomic E-state index is 12.5. The second kappa shape index (κ2) is 10.7. The number of hydrogen-bond acceptors (Lipinski definition) is 6. The first kappa shape index (κ1) is 24.2. The Hall–Kier alpha value is -1.79. The number of hydrogen-bond donors (Lipinski definition) is 0. The molecular weight excluding hydrogens is 360 g/mol. The minimum Gasteiger partial charge on any atom is -0.465 e. The van der Waals surface area contributed by atoms with E-state index >= 15 is 0 Å². The molecule has 0 aliphatic carbocycles. The third-order valence-electron chi connectivity index (χ3n) is 4.62. The van der Waals surface area contributed by atoms with Gasteiger partial charge in [-0.2, -0.15) is 0 Å². The van der Waals surface area contributed by atoms with Gasteiger partial charge in [-0.1, -0.05) is 34.1 Å². The van der Waals surface area contributed by atoms with Crippen LogP contribution >= 0.6 is 0 Å². The lowest BCUT2D eigenvalue weighted by Crippen LogP contribution is -2.42. The Morgan fingerprint density at radius 1 is 1.21 bits per heavy atom. The molecule has 0 aromatic heterocycles. The van der Waals surface area contributed by atoms with E-state index in [4.69, 9.17) is 14.2 Å². The molecule has 1 amide bonds. The highest BCUT2D eigenvalue weighted by atomic mass is 16.7. The van der Waals surface area contributed by atoms with Crippen molar-refractivity contribution >= 4 is 18.0 Å². The van der Waals surface area contributed by atoms with Crippen LogP contribution in [0.15, 0.2) is 4.99 Å². The largest absolute Gasteiger partial charge is 0.465 e. The van der Waals surface area contributed by atoms with Crippen LogP contribution in [0.3, 0.4) is 0 Å². The zero-order valence-electron chi connectivity index (χ0n) is 18.8. The van der Waals surface area contributed by atoms with Crippen LogP contribution in [0.25, 0.3) is 0 Å². The molecule has 0 aromatic carbocycles. The number of aliphatic imine (C=N–C) groups is 1. The Bertz CT molecular complexity index is 553. The second-order valence-electron chi connectivity index (χ2n) is 8.65. The van der Waals surface area contributed by atoms with E-state index < -0.39 is 11.6 Å². The molecule has 162 valence electrons.